The van der Waals surface area contributed by atoms with E-state index in [0.717, 1.165) is 38.4 Å². The van der Waals surface area contributed by atoms with E-state index < -0.39 is 0 Å². The van der Waals surface area contributed by atoms with Crippen LogP contribution in [0.3, 0.4) is 0 Å². The highest BCUT2D eigenvalue weighted by atomic mass is 16.5. The summed E-state index contributed by atoms with van der Waals surface area (Å²) in [4.78, 5) is 9.41. The van der Waals surface area contributed by atoms with Crippen molar-refractivity contribution in [1.29, 1.82) is 0 Å². The second-order valence-corrected chi connectivity index (χ2v) is 11.0. The summed E-state index contributed by atoms with van der Waals surface area (Å²) < 4.78 is 27.3. The Balaban J connectivity index is 1.55. The van der Waals surface area contributed by atoms with E-state index in [9.17, 15) is 0 Å². The van der Waals surface area contributed by atoms with Crippen molar-refractivity contribution in [3.8, 4) is 23.0 Å². The Morgan fingerprint density at radius 3 is 1.98 bits per heavy atom. The molecule has 6 aromatic carbocycles. The van der Waals surface area contributed by atoms with Crippen molar-refractivity contribution < 1.29 is 18.3 Å². The van der Waals surface area contributed by atoms with Crippen LogP contribution in [0.5, 0.6) is 23.0 Å². The highest BCUT2D eigenvalue weighted by Crippen LogP contribution is 2.49. The zero-order valence-corrected chi connectivity index (χ0v) is 25.0. The van der Waals surface area contributed by atoms with Crippen molar-refractivity contribution in [2.24, 2.45) is 9.98 Å². The summed E-state index contributed by atoms with van der Waals surface area (Å²) in [7, 11) is 1.72. The van der Waals surface area contributed by atoms with Gasteiger partial charge in [-0.1, -0.05) is 84.9 Å². The third-order valence-electron chi connectivity index (χ3n) is 8.13. The van der Waals surface area contributed by atoms with Gasteiger partial charge in [-0.15, -0.1) is 0 Å². The molecule has 0 unspecified atom stereocenters. The van der Waals surface area contributed by atoms with E-state index in [-0.39, 0.29) is 0 Å². The molecule has 0 saturated carbocycles. The molecule has 1 aliphatic heterocycles. The quantitative estimate of drug-likeness (QED) is 0.205. The van der Waals surface area contributed by atoms with Crippen LogP contribution in [0.25, 0.3) is 43.9 Å². The molecule has 0 amide bonds. The standard InChI is InChI=1S/C39H28N2O4/c1-23-12-4-9-17-30(23)43-36-34-33(24(2)41-39(34)40-3)35-38(37(36)42-27-21-20-25-13-5-6-14-26(25)22-27)45-32-19-11-8-16-29(32)28-15-7-10-18-31(28)44-35/h4-22H,1-3H3. The first-order valence-electron chi connectivity index (χ1n) is 14.8. The molecule has 2 heterocycles. The average Bonchev–Trinajstić information content (AvgIpc) is 3.40. The number of fused-ring (bicyclic) bond motifs is 7. The van der Waals surface area contributed by atoms with E-state index >= 15 is 0 Å². The van der Waals surface area contributed by atoms with E-state index in [1.165, 1.54) is 0 Å². The van der Waals surface area contributed by atoms with Gasteiger partial charge in [0, 0.05) is 17.8 Å². The lowest BCUT2D eigenvalue weighted by atomic mass is 10.0. The van der Waals surface area contributed by atoms with Gasteiger partial charge in [0.15, 0.2) is 17.2 Å². The molecule has 0 aliphatic carbocycles. The first-order valence-corrected chi connectivity index (χ1v) is 14.8. The van der Waals surface area contributed by atoms with Crippen molar-refractivity contribution in [1.82, 2.24) is 0 Å². The van der Waals surface area contributed by atoms with Crippen LogP contribution in [0.15, 0.2) is 134 Å². The molecule has 0 saturated heterocycles. The number of amidine groups is 1. The molecule has 0 bridgehead atoms. The van der Waals surface area contributed by atoms with Crippen LogP contribution in [-0.2, 0) is 0 Å². The number of ether oxygens (including phenoxy) is 2. The van der Waals surface area contributed by atoms with Gasteiger partial charge in [-0.25, -0.2) is 4.99 Å². The smallest absolute Gasteiger partial charge is 0.217 e. The summed E-state index contributed by atoms with van der Waals surface area (Å²) >= 11 is 0. The zero-order valence-electron chi connectivity index (χ0n) is 25.0. The lowest BCUT2D eigenvalue weighted by Gasteiger charge is -2.19. The van der Waals surface area contributed by atoms with Crippen LogP contribution >= 0.6 is 0 Å². The molecule has 6 nitrogen and oxygen atoms in total. The van der Waals surface area contributed by atoms with Gasteiger partial charge in [0.05, 0.1) is 16.8 Å². The molecule has 8 rings (SSSR count). The molecule has 0 N–H and O–H groups in total. The fourth-order valence-electron chi connectivity index (χ4n) is 5.94. The normalized spacial score (nSPS) is 13.4. The summed E-state index contributed by atoms with van der Waals surface area (Å²) in [5.41, 5.74) is 5.36. The van der Waals surface area contributed by atoms with Gasteiger partial charge in [-0.2, -0.15) is 0 Å². The van der Waals surface area contributed by atoms with E-state index in [2.05, 4.69) is 17.1 Å². The largest absolute Gasteiger partial charge is 0.452 e. The van der Waals surface area contributed by atoms with E-state index in [1.54, 1.807) is 7.05 Å². The maximum atomic E-state index is 6.86. The number of aryl methyl sites for hydroxylation is 1. The second kappa shape index (κ2) is 10.7. The summed E-state index contributed by atoms with van der Waals surface area (Å²) in [5, 5.41) is 3.98. The molecule has 45 heavy (non-hydrogen) atoms. The van der Waals surface area contributed by atoms with E-state index in [4.69, 9.17) is 23.3 Å². The predicted molar refractivity (Wildman–Crippen MR) is 181 cm³/mol. The second-order valence-electron chi connectivity index (χ2n) is 11.0. The topological polar surface area (TPSA) is 69.5 Å². The molecular formula is C39H28N2O4. The summed E-state index contributed by atoms with van der Waals surface area (Å²) in [5.74, 6) is 2.64. The number of rotatable bonds is 4. The van der Waals surface area contributed by atoms with Gasteiger partial charge < -0.3 is 18.3 Å². The molecule has 0 fully saturated rings. The Kier molecular flexibility index (Phi) is 6.34. The molecule has 1 aromatic heterocycles. The number of aliphatic imine (C=N–C) groups is 2. The third-order valence-corrected chi connectivity index (χ3v) is 8.13. The van der Waals surface area contributed by atoms with Gasteiger partial charge in [-0.3, -0.25) is 4.99 Å². The van der Waals surface area contributed by atoms with Crippen LogP contribution in [0, 0.1) is 6.92 Å². The average molecular weight is 589 g/mol. The Labute approximate surface area is 259 Å². The van der Waals surface area contributed by atoms with E-state index in [0.29, 0.717) is 56.7 Å². The summed E-state index contributed by atoms with van der Waals surface area (Å²) in [6, 6.07) is 37.9. The molecular weight excluding hydrogens is 560 g/mol. The van der Waals surface area contributed by atoms with Crippen LogP contribution in [0.1, 0.15) is 23.6 Å². The van der Waals surface area contributed by atoms with Crippen molar-refractivity contribution in [3.63, 3.8) is 0 Å². The van der Waals surface area contributed by atoms with Crippen LogP contribution in [0.2, 0.25) is 0 Å². The monoisotopic (exact) mass is 588 g/mol. The minimum absolute atomic E-state index is 0.363. The van der Waals surface area contributed by atoms with Gasteiger partial charge >= 0.3 is 0 Å². The van der Waals surface area contributed by atoms with Crippen molar-refractivity contribution in [3.05, 3.63) is 132 Å². The summed E-state index contributed by atoms with van der Waals surface area (Å²) in [6.07, 6.45) is 0. The zero-order chi connectivity index (χ0) is 30.5. The van der Waals surface area contributed by atoms with Crippen molar-refractivity contribution in [2.45, 2.75) is 13.8 Å². The fraction of sp³-hybridized carbons (Fsp3) is 0.0769. The Morgan fingerprint density at radius 2 is 1.24 bits per heavy atom. The molecule has 0 spiro atoms. The predicted octanol–water partition coefficient (Wildman–Crippen LogP) is 10.7. The summed E-state index contributed by atoms with van der Waals surface area (Å²) in [6.45, 7) is 3.96. The van der Waals surface area contributed by atoms with Gasteiger partial charge in [-0.05, 0) is 60.5 Å². The Morgan fingerprint density at radius 1 is 0.600 bits per heavy atom. The van der Waals surface area contributed by atoms with Crippen LogP contribution < -0.4 is 9.47 Å². The number of nitrogens with zero attached hydrogens (tertiary/aromatic N) is 2. The first kappa shape index (κ1) is 26.7. The van der Waals surface area contributed by atoms with Gasteiger partial charge in [0.2, 0.25) is 11.3 Å². The minimum Gasteiger partial charge on any atom is -0.452 e. The number of hydrogen-bond donors (Lipinski definition) is 0. The third kappa shape index (κ3) is 4.50. The minimum atomic E-state index is 0.363. The van der Waals surface area contributed by atoms with Crippen LogP contribution in [0.4, 0.5) is 0 Å². The molecule has 6 heteroatoms. The van der Waals surface area contributed by atoms with Crippen molar-refractivity contribution in [2.75, 3.05) is 7.05 Å². The molecule has 0 atom stereocenters. The molecule has 218 valence electrons. The molecule has 7 aromatic rings. The number of benzene rings is 6. The Bertz CT molecular complexity index is 2430. The first-order chi connectivity index (χ1) is 22.1. The number of para-hydroxylation sites is 3. The maximum absolute atomic E-state index is 6.86. The fourth-order valence-corrected chi connectivity index (χ4v) is 5.94. The van der Waals surface area contributed by atoms with E-state index in [1.807, 2.05) is 117 Å². The lowest BCUT2D eigenvalue weighted by molar-refractivity contribution is 0.413. The van der Waals surface area contributed by atoms with Crippen LogP contribution in [-0.4, -0.2) is 18.6 Å². The highest BCUT2D eigenvalue weighted by Gasteiger charge is 2.34. The number of hydrogen-bond acceptors (Lipinski definition) is 5. The molecule has 1 aliphatic rings. The SMILES string of the molecule is CN=C1N=C(C)c2c1c(Oc1ccccc1C)c(Oc1ccc3ccccc3c1)c1oc3ccccc3c3ccccc3oc21. The maximum Gasteiger partial charge on any atom is 0.217 e. The Hall–Kier alpha value is -5.88. The van der Waals surface area contributed by atoms with Gasteiger partial charge in [0.1, 0.15) is 22.7 Å². The van der Waals surface area contributed by atoms with Gasteiger partial charge in [0.25, 0.3) is 0 Å². The lowest BCUT2D eigenvalue weighted by Crippen LogP contribution is -2.04. The van der Waals surface area contributed by atoms with Crippen molar-refractivity contribution >= 4 is 55.4 Å². The highest BCUT2D eigenvalue weighted by molar-refractivity contribution is 6.28. The molecule has 0 radical (unpaired) electrons.